The van der Waals surface area contributed by atoms with Crippen LogP contribution >= 0.6 is 23.2 Å². The van der Waals surface area contributed by atoms with Crippen LogP contribution in [0.5, 0.6) is 0 Å². The molecule has 2 nitrogen and oxygen atoms in total. The SMILES string of the molecule is CCNC(CCO)c1cc(F)c(Cl)cc1Cl. The van der Waals surface area contributed by atoms with Gasteiger partial charge in [0.25, 0.3) is 0 Å². The fourth-order valence-corrected chi connectivity index (χ4v) is 2.06. The van der Waals surface area contributed by atoms with E-state index in [1.54, 1.807) is 0 Å². The zero-order valence-electron chi connectivity index (χ0n) is 8.93. The zero-order valence-corrected chi connectivity index (χ0v) is 10.4. The van der Waals surface area contributed by atoms with Crippen molar-refractivity contribution >= 4 is 23.2 Å². The highest BCUT2D eigenvalue weighted by molar-refractivity contribution is 6.35. The van der Waals surface area contributed by atoms with E-state index in [1.807, 2.05) is 6.92 Å². The van der Waals surface area contributed by atoms with Gasteiger partial charge in [0.1, 0.15) is 5.82 Å². The predicted molar refractivity (Wildman–Crippen MR) is 64.5 cm³/mol. The molecular formula is C11H14Cl2FNO. The lowest BCUT2D eigenvalue weighted by molar-refractivity contribution is 0.266. The third kappa shape index (κ3) is 3.32. The number of hydrogen-bond acceptors (Lipinski definition) is 2. The van der Waals surface area contributed by atoms with Gasteiger partial charge in [0.15, 0.2) is 0 Å². The Morgan fingerprint density at radius 1 is 1.38 bits per heavy atom. The molecule has 0 aromatic heterocycles. The van der Waals surface area contributed by atoms with E-state index in [0.29, 0.717) is 23.6 Å². The summed E-state index contributed by atoms with van der Waals surface area (Å²) >= 11 is 11.6. The van der Waals surface area contributed by atoms with Gasteiger partial charge in [-0.1, -0.05) is 30.1 Å². The second kappa shape index (κ2) is 6.40. The van der Waals surface area contributed by atoms with Crippen LogP contribution in [-0.2, 0) is 0 Å². The molecule has 1 aromatic rings. The van der Waals surface area contributed by atoms with E-state index in [2.05, 4.69) is 5.32 Å². The number of nitrogens with one attached hydrogen (secondary N) is 1. The standard InChI is InChI=1S/C11H14Cl2FNO/c1-2-15-11(3-4-16)7-5-10(14)9(13)6-8(7)12/h5-6,11,15-16H,2-4H2,1H3. The van der Waals surface area contributed by atoms with Gasteiger partial charge in [-0.3, -0.25) is 0 Å². The quantitative estimate of drug-likeness (QED) is 0.802. The Balaban J connectivity index is 3.03. The molecule has 0 amide bonds. The van der Waals surface area contributed by atoms with Crippen LogP contribution in [0.2, 0.25) is 10.0 Å². The summed E-state index contributed by atoms with van der Waals surface area (Å²) in [5.41, 5.74) is 0.625. The predicted octanol–water partition coefficient (Wildman–Crippen LogP) is 3.17. The van der Waals surface area contributed by atoms with Gasteiger partial charge in [0, 0.05) is 17.7 Å². The molecule has 1 aromatic carbocycles. The van der Waals surface area contributed by atoms with Crippen LogP contribution in [0.15, 0.2) is 12.1 Å². The number of rotatable bonds is 5. The van der Waals surface area contributed by atoms with E-state index in [0.717, 1.165) is 0 Å². The van der Waals surface area contributed by atoms with Crippen LogP contribution in [0.4, 0.5) is 4.39 Å². The van der Waals surface area contributed by atoms with E-state index >= 15 is 0 Å². The van der Waals surface area contributed by atoms with Crippen molar-refractivity contribution in [3.63, 3.8) is 0 Å². The molecule has 0 radical (unpaired) electrons. The van der Waals surface area contributed by atoms with Gasteiger partial charge in [-0.05, 0) is 30.7 Å². The molecule has 0 saturated heterocycles. The lowest BCUT2D eigenvalue weighted by Gasteiger charge is -2.18. The smallest absolute Gasteiger partial charge is 0.142 e. The molecule has 1 atom stereocenters. The molecule has 0 fully saturated rings. The molecule has 0 aliphatic heterocycles. The Kier molecular flexibility index (Phi) is 5.49. The Morgan fingerprint density at radius 3 is 2.62 bits per heavy atom. The molecule has 2 N–H and O–H groups in total. The number of aliphatic hydroxyl groups is 1. The monoisotopic (exact) mass is 265 g/mol. The summed E-state index contributed by atoms with van der Waals surface area (Å²) in [6.45, 7) is 2.66. The van der Waals surface area contributed by atoms with E-state index in [-0.39, 0.29) is 17.7 Å². The van der Waals surface area contributed by atoms with Gasteiger partial charge >= 0.3 is 0 Å². The number of hydrogen-bond donors (Lipinski definition) is 2. The van der Waals surface area contributed by atoms with Gasteiger partial charge < -0.3 is 10.4 Å². The largest absolute Gasteiger partial charge is 0.396 e. The number of aliphatic hydroxyl groups excluding tert-OH is 1. The van der Waals surface area contributed by atoms with E-state index in [4.69, 9.17) is 28.3 Å². The van der Waals surface area contributed by atoms with Crippen molar-refractivity contribution in [1.29, 1.82) is 0 Å². The third-order valence-corrected chi connectivity index (χ3v) is 2.90. The Labute approximate surface area is 104 Å². The maximum Gasteiger partial charge on any atom is 0.142 e. The van der Waals surface area contributed by atoms with Crippen LogP contribution in [-0.4, -0.2) is 18.3 Å². The molecule has 1 unspecified atom stereocenters. The van der Waals surface area contributed by atoms with Gasteiger partial charge in [-0.2, -0.15) is 0 Å². The molecule has 0 heterocycles. The molecule has 90 valence electrons. The van der Waals surface area contributed by atoms with Crippen molar-refractivity contribution < 1.29 is 9.50 Å². The van der Waals surface area contributed by atoms with Crippen LogP contribution in [0, 0.1) is 5.82 Å². The molecular weight excluding hydrogens is 252 g/mol. The molecule has 0 spiro atoms. The summed E-state index contributed by atoms with van der Waals surface area (Å²) < 4.78 is 13.3. The van der Waals surface area contributed by atoms with Crippen molar-refractivity contribution in [3.05, 3.63) is 33.6 Å². The Morgan fingerprint density at radius 2 is 2.06 bits per heavy atom. The first-order valence-electron chi connectivity index (χ1n) is 5.08. The van der Waals surface area contributed by atoms with Crippen molar-refractivity contribution in [2.24, 2.45) is 0 Å². The van der Waals surface area contributed by atoms with Gasteiger partial charge in [0.2, 0.25) is 0 Å². The highest BCUT2D eigenvalue weighted by Gasteiger charge is 2.15. The molecule has 1 rings (SSSR count). The minimum atomic E-state index is -0.498. The highest BCUT2D eigenvalue weighted by atomic mass is 35.5. The van der Waals surface area contributed by atoms with E-state index < -0.39 is 5.82 Å². The van der Waals surface area contributed by atoms with E-state index in [1.165, 1.54) is 12.1 Å². The summed E-state index contributed by atoms with van der Waals surface area (Å²) in [4.78, 5) is 0. The number of benzene rings is 1. The van der Waals surface area contributed by atoms with Crippen LogP contribution in [0.25, 0.3) is 0 Å². The average Bonchev–Trinajstić information content (AvgIpc) is 2.23. The van der Waals surface area contributed by atoms with E-state index in [9.17, 15) is 4.39 Å². The lowest BCUT2D eigenvalue weighted by Crippen LogP contribution is -2.22. The van der Waals surface area contributed by atoms with Crippen LogP contribution < -0.4 is 5.32 Å². The molecule has 0 saturated carbocycles. The zero-order chi connectivity index (χ0) is 12.1. The Bertz CT molecular complexity index is 354. The maximum atomic E-state index is 13.3. The summed E-state index contributed by atoms with van der Waals surface area (Å²) in [5, 5.41) is 12.5. The summed E-state index contributed by atoms with van der Waals surface area (Å²) in [7, 11) is 0. The van der Waals surface area contributed by atoms with Crippen molar-refractivity contribution in [3.8, 4) is 0 Å². The first-order valence-corrected chi connectivity index (χ1v) is 5.84. The normalized spacial score (nSPS) is 12.8. The molecule has 0 aliphatic carbocycles. The molecule has 5 heteroatoms. The summed E-state index contributed by atoms with van der Waals surface area (Å²) in [6, 6.07) is 2.54. The van der Waals surface area contributed by atoms with Crippen LogP contribution in [0.3, 0.4) is 0 Å². The average molecular weight is 266 g/mol. The second-order valence-corrected chi connectivity index (χ2v) is 4.22. The lowest BCUT2D eigenvalue weighted by atomic mass is 10.0. The van der Waals surface area contributed by atoms with Crippen molar-refractivity contribution in [2.75, 3.05) is 13.2 Å². The minimum Gasteiger partial charge on any atom is -0.396 e. The Hall–Kier alpha value is -0.350. The topological polar surface area (TPSA) is 32.3 Å². The first-order chi connectivity index (χ1) is 7.60. The summed E-state index contributed by atoms with van der Waals surface area (Å²) in [6.07, 6.45) is 0.481. The maximum absolute atomic E-state index is 13.3. The third-order valence-electron chi connectivity index (χ3n) is 2.28. The summed E-state index contributed by atoms with van der Waals surface area (Å²) in [5.74, 6) is -0.498. The minimum absolute atomic E-state index is 0.00740. The highest BCUT2D eigenvalue weighted by Crippen LogP contribution is 2.30. The van der Waals surface area contributed by atoms with Crippen molar-refractivity contribution in [2.45, 2.75) is 19.4 Å². The molecule has 0 aliphatic rings. The first kappa shape index (κ1) is 13.7. The van der Waals surface area contributed by atoms with Gasteiger partial charge in [-0.15, -0.1) is 0 Å². The number of halogens is 3. The fourth-order valence-electron chi connectivity index (χ4n) is 1.55. The molecule has 0 bridgehead atoms. The van der Waals surface area contributed by atoms with Crippen LogP contribution in [0.1, 0.15) is 24.9 Å². The van der Waals surface area contributed by atoms with Gasteiger partial charge in [-0.25, -0.2) is 4.39 Å². The second-order valence-electron chi connectivity index (χ2n) is 3.41. The van der Waals surface area contributed by atoms with Crippen molar-refractivity contribution in [1.82, 2.24) is 5.32 Å². The fraction of sp³-hybridized carbons (Fsp3) is 0.455. The van der Waals surface area contributed by atoms with Gasteiger partial charge in [0.05, 0.1) is 5.02 Å². The molecule has 16 heavy (non-hydrogen) atoms.